The summed E-state index contributed by atoms with van der Waals surface area (Å²) >= 11 is 6.32. The van der Waals surface area contributed by atoms with Crippen molar-refractivity contribution in [2.24, 2.45) is 0 Å². The van der Waals surface area contributed by atoms with E-state index in [9.17, 15) is 4.79 Å². The fraction of sp³-hybridized carbons (Fsp3) is 0.632. The summed E-state index contributed by atoms with van der Waals surface area (Å²) in [6.07, 6.45) is 3.70. The summed E-state index contributed by atoms with van der Waals surface area (Å²) in [6, 6.07) is 3.66. The number of hydrogen-bond acceptors (Lipinski definition) is 5. The Hall–Kier alpha value is -1.50. The summed E-state index contributed by atoms with van der Waals surface area (Å²) in [5.41, 5.74) is 0.615. The number of carbonyl (C=O) groups is 1. The van der Waals surface area contributed by atoms with Crippen molar-refractivity contribution >= 4 is 17.5 Å². The highest BCUT2D eigenvalue weighted by molar-refractivity contribution is 6.31. The molecule has 0 radical (unpaired) electrons. The van der Waals surface area contributed by atoms with E-state index >= 15 is 0 Å². The molecule has 2 fully saturated rings. The second-order valence-corrected chi connectivity index (χ2v) is 7.57. The zero-order valence-corrected chi connectivity index (χ0v) is 15.5. The predicted octanol–water partition coefficient (Wildman–Crippen LogP) is 2.50. The summed E-state index contributed by atoms with van der Waals surface area (Å²) in [7, 11) is 0. The Kier molecular flexibility index (Phi) is 5.25. The van der Waals surface area contributed by atoms with Crippen LogP contribution in [0.5, 0.6) is 11.5 Å². The van der Waals surface area contributed by atoms with Gasteiger partial charge >= 0.3 is 0 Å². The molecule has 0 aromatic heterocycles. The minimum Gasteiger partial charge on any atom is -0.486 e. The molecular weight excluding hydrogens is 358 g/mol. The van der Waals surface area contributed by atoms with Gasteiger partial charge in [-0.2, -0.15) is 0 Å². The highest BCUT2D eigenvalue weighted by Gasteiger charge is 2.39. The van der Waals surface area contributed by atoms with Crippen molar-refractivity contribution in [3.8, 4) is 11.5 Å². The van der Waals surface area contributed by atoms with Crippen LogP contribution in [0.1, 0.15) is 31.2 Å². The van der Waals surface area contributed by atoms with E-state index in [-0.39, 0.29) is 24.0 Å². The van der Waals surface area contributed by atoms with Crippen LogP contribution in [0.3, 0.4) is 0 Å². The van der Waals surface area contributed by atoms with Crippen LogP contribution in [0.15, 0.2) is 12.1 Å². The number of rotatable bonds is 3. The van der Waals surface area contributed by atoms with E-state index in [1.165, 1.54) is 0 Å². The average Bonchev–Trinajstić information content (AvgIpc) is 2.63. The number of benzene rings is 1. The number of amides is 1. The second-order valence-electron chi connectivity index (χ2n) is 7.17. The minimum atomic E-state index is -0.136. The Morgan fingerprint density at radius 2 is 1.85 bits per heavy atom. The molecule has 0 bridgehead atoms. The largest absolute Gasteiger partial charge is 0.486 e. The van der Waals surface area contributed by atoms with Gasteiger partial charge in [-0.25, -0.2) is 0 Å². The maximum absolute atomic E-state index is 12.6. The number of hydrogen-bond donors (Lipinski definition) is 1. The SMILES string of the molecule is O=C(Cc1cc2c(cc1Cl)OCCO2)NC1CCOC2(CCOCC2)C1. The van der Waals surface area contributed by atoms with Crippen molar-refractivity contribution in [3.05, 3.63) is 22.7 Å². The van der Waals surface area contributed by atoms with Crippen LogP contribution in [-0.4, -0.2) is 50.6 Å². The molecule has 6 nitrogen and oxygen atoms in total. The molecule has 1 amide bonds. The van der Waals surface area contributed by atoms with Crippen LogP contribution in [0.2, 0.25) is 5.02 Å². The highest BCUT2D eigenvalue weighted by atomic mass is 35.5. The Balaban J connectivity index is 1.38. The predicted molar refractivity (Wildman–Crippen MR) is 96.0 cm³/mol. The molecule has 26 heavy (non-hydrogen) atoms. The Labute approximate surface area is 158 Å². The molecule has 0 aliphatic carbocycles. The molecule has 1 aromatic rings. The maximum Gasteiger partial charge on any atom is 0.224 e. The number of halogens is 1. The maximum atomic E-state index is 12.6. The van der Waals surface area contributed by atoms with Crippen LogP contribution in [-0.2, 0) is 20.7 Å². The number of fused-ring (bicyclic) bond motifs is 1. The van der Waals surface area contributed by atoms with Gasteiger partial charge in [-0.05, 0) is 37.3 Å². The Morgan fingerprint density at radius 1 is 1.12 bits per heavy atom. The molecule has 3 aliphatic rings. The smallest absolute Gasteiger partial charge is 0.224 e. The van der Waals surface area contributed by atoms with Crippen molar-refractivity contribution in [1.82, 2.24) is 5.32 Å². The Bertz CT molecular complexity index is 669. The fourth-order valence-electron chi connectivity index (χ4n) is 3.94. The topological polar surface area (TPSA) is 66.0 Å². The molecule has 1 spiro atoms. The molecular formula is C19H24ClNO5. The van der Waals surface area contributed by atoms with Gasteiger partial charge in [0, 0.05) is 37.0 Å². The minimum absolute atomic E-state index is 0.0299. The highest BCUT2D eigenvalue weighted by Crippen LogP contribution is 2.36. The molecule has 2 saturated heterocycles. The van der Waals surface area contributed by atoms with Gasteiger partial charge in [0.1, 0.15) is 13.2 Å². The second kappa shape index (κ2) is 7.62. The molecule has 7 heteroatoms. The van der Waals surface area contributed by atoms with E-state index in [4.69, 9.17) is 30.5 Å². The van der Waals surface area contributed by atoms with E-state index < -0.39 is 0 Å². The lowest BCUT2D eigenvalue weighted by molar-refractivity contribution is -0.143. The van der Waals surface area contributed by atoms with Gasteiger partial charge in [0.25, 0.3) is 0 Å². The molecule has 1 atom stereocenters. The molecule has 1 aromatic carbocycles. The van der Waals surface area contributed by atoms with Crippen LogP contribution in [0, 0.1) is 0 Å². The standard InChI is InChI=1S/C19H24ClNO5/c20-15-11-17-16(24-7-8-25-17)9-13(15)10-18(22)21-14-1-4-26-19(12-14)2-5-23-6-3-19/h9,11,14H,1-8,10,12H2,(H,21,22). The van der Waals surface area contributed by atoms with E-state index in [2.05, 4.69) is 5.32 Å². The average molecular weight is 382 g/mol. The summed E-state index contributed by atoms with van der Waals surface area (Å²) < 4.78 is 22.6. The molecule has 4 rings (SSSR count). The lowest BCUT2D eigenvalue weighted by atomic mass is 9.84. The fourth-order valence-corrected chi connectivity index (χ4v) is 4.16. The van der Waals surface area contributed by atoms with Crippen molar-refractivity contribution in [3.63, 3.8) is 0 Å². The van der Waals surface area contributed by atoms with Gasteiger partial charge in [-0.15, -0.1) is 0 Å². The van der Waals surface area contributed by atoms with Gasteiger partial charge < -0.3 is 24.3 Å². The van der Waals surface area contributed by atoms with Crippen molar-refractivity contribution in [1.29, 1.82) is 0 Å². The number of ether oxygens (including phenoxy) is 4. The van der Waals surface area contributed by atoms with Crippen LogP contribution in [0.25, 0.3) is 0 Å². The monoisotopic (exact) mass is 381 g/mol. The van der Waals surface area contributed by atoms with Gasteiger partial charge in [-0.3, -0.25) is 4.79 Å². The quantitative estimate of drug-likeness (QED) is 0.871. The summed E-state index contributed by atoms with van der Waals surface area (Å²) in [5, 5.41) is 3.68. The van der Waals surface area contributed by atoms with Crippen molar-refractivity contribution < 1.29 is 23.7 Å². The Morgan fingerprint density at radius 3 is 2.62 bits per heavy atom. The summed E-state index contributed by atoms with van der Waals surface area (Å²) in [6.45, 7) is 3.16. The lowest BCUT2D eigenvalue weighted by Gasteiger charge is -2.43. The van der Waals surface area contributed by atoms with E-state index in [1.54, 1.807) is 12.1 Å². The van der Waals surface area contributed by atoms with E-state index in [0.29, 0.717) is 36.3 Å². The summed E-state index contributed by atoms with van der Waals surface area (Å²) in [4.78, 5) is 12.6. The number of carbonyl (C=O) groups excluding carboxylic acids is 1. The first-order valence-corrected chi connectivity index (χ1v) is 9.60. The first-order chi connectivity index (χ1) is 12.6. The van der Waals surface area contributed by atoms with E-state index in [0.717, 1.165) is 44.5 Å². The van der Waals surface area contributed by atoms with Gasteiger partial charge in [-0.1, -0.05) is 11.6 Å². The third-order valence-corrected chi connectivity index (χ3v) is 5.68. The van der Waals surface area contributed by atoms with Crippen LogP contribution in [0.4, 0.5) is 0 Å². The third-order valence-electron chi connectivity index (χ3n) is 5.32. The van der Waals surface area contributed by atoms with Crippen molar-refractivity contribution in [2.75, 3.05) is 33.0 Å². The summed E-state index contributed by atoms with van der Waals surface area (Å²) in [5.74, 6) is 1.25. The van der Waals surface area contributed by atoms with Crippen LogP contribution >= 0.6 is 11.6 Å². The van der Waals surface area contributed by atoms with E-state index in [1.807, 2.05) is 0 Å². The zero-order chi connectivity index (χ0) is 18.0. The van der Waals surface area contributed by atoms with Gasteiger partial charge in [0.2, 0.25) is 5.91 Å². The third kappa shape index (κ3) is 3.92. The number of nitrogens with one attached hydrogen (secondary N) is 1. The molecule has 142 valence electrons. The molecule has 1 unspecified atom stereocenters. The molecule has 3 aliphatic heterocycles. The van der Waals surface area contributed by atoms with Crippen LogP contribution < -0.4 is 14.8 Å². The normalized spacial score (nSPS) is 24.3. The van der Waals surface area contributed by atoms with Gasteiger partial charge in [0.15, 0.2) is 11.5 Å². The molecule has 0 saturated carbocycles. The zero-order valence-electron chi connectivity index (χ0n) is 14.7. The van der Waals surface area contributed by atoms with Gasteiger partial charge in [0.05, 0.1) is 12.0 Å². The first-order valence-electron chi connectivity index (χ1n) is 9.23. The molecule has 3 heterocycles. The lowest BCUT2D eigenvalue weighted by Crippen LogP contribution is -2.51. The van der Waals surface area contributed by atoms with Crippen molar-refractivity contribution in [2.45, 2.75) is 43.7 Å². The first kappa shape index (κ1) is 17.9. The molecule has 1 N–H and O–H groups in total.